The molecule has 120 valence electrons. The summed E-state index contributed by atoms with van der Waals surface area (Å²) in [7, 11) is -3.55. The van der Waals surface area contributed by atoms with Gasteiger partial charge in [-0.3, -0.25) is 0 Å². The van der Waals surface area contributed by atoms with Crippen molar-refractivity contribution in [1.82, 2.24) is 4.72 Å². The van der Waals surface area contributed by atoms with Gasteiger partial charge in [0.1, 0.15) is 5.75 Å². The third-order valence-corrected chi connectivity index (χ3v) is 5.37. The maximum absolute atomic E-state index is 12.3. The van der Waals surface area contributed by atoms with Gasteiger partial charge in [0.25, 0.3) is 0 Å². The highest BCUT2D eigenvalue weighted by Crippen LogP contribution is 2.33. The molecule has 0 aliphatic heterocycles. The number of hydrogen-bond acceptors (Lipinski definition) is 4. The van der Waals surface area contributed by atoms with E-state index in [2.05, 4.69) is 20.7 Å². The van der Waals surface area contributed by atoms with Crippen LogP contribution in [0.15, 0.2) is 27.6 Å². The van der Waals surface area contributed by atoms with E-state index in [1.54, 1.807) is 18.2 Å². The molecule has 3 N–H and O–H groups in total. The Kier molecular flexibility index (Phi) is 6.93. The van der Waals surface area contributed by atoms with Crippen molar-refractivity contribution in [3.8, 4) is 5.75 Å². The molecule has 5 nitrogen and oxygen atoms in total. The summed E-state index contributed by atoms with van der Waals surface area (Å²) < 4.78 is 33.3. The summed E-state index contributed by atoms with van der Waals surface area (Å²) in [5, 5.41) is 0. The van der Waals surface area contributed by atoms with E-state index < -0.39 is 10.0 Å². The summed E-state index contributed by atoms with van der Waals surface area (Å²) >= 11 is 3.32. The molecule has 1 aromatic carbocycles. The fraction of sp³-hybridized carbons (Fsp3) is 0.538. The molecule has 1 fully saturated rings. The third kappa shape index (κ3) is 4.82. The van der Waals surface area contributed by atoms with Crippen LogP contribution in [0, 0.1) is 5.92 Å². The van der Waals surface area contributed by atoms with Gasteiger partial charge in [0.15, 0.2) is 0 Å². The second-order valence-electron chi connectivity index (χ2n) is 4.83. The molecule has 0 aromatic heterocycles. The lowest BCUT2D eigenvalue weighted by Gasteiger charge is -2.16. The first-order valence-electron chi connectivity index (χ1n) is 6.62. The van der Waals surface area contributed by atoms with Crippen molar-refractivity contribution in [3.63, 3.8) is 0 Å². The average molecular weight is 400 g/mol. The topological polar surface area (TPSA) is 81.4 Å². The van der Waals surface area contributed by atoms with Gasteiger partial charge in [-0.1, -0.05) is 0 Å². The number of rotatable bonds is 7. The van der Waals surface area contributed by atoms with Gasteiger partial charge in [-0.05, 0) is 59.8 Å². The highest BCUT2D eigenvalue weighted by Gasteiger charge is 2.33. The van der Waals surface area contributed by atoms with Crippen LogP contribution in [0.5, 0.6) is 5.75 Å². The summed E-state index contributed by atoms with van der Waals surface area (Å²) in [6.45, 7) is 2.72. The number of halogens is 2. The Hall–Kier alpha value is -0.340. The molecule has 1 unspecified atom stereocenters. The molecule has 1 aromatic rings. The quantitative estimate of drug-likeness (QED) is 0.737. The van der Waals surface area contributed by atoms with Crippen molar-refractivity contribution >= 4 is 38.4 Å². The maximum Gasteiger partial charge on any atom is 0.240 e. The largest absolute Gasteiger partial charge is 0.493 e. The first-order chi connectivity index (χ1) is 9.47. The lowest BCUT2D eigenvalue weighted by molar-refractivity contribution is 0.338. The van der Waals surface area contributed by atoms with E-state index in [4.69, 9.17) is 10.5 Å². The van der Waals surface area contributed by atoms with Gasteiger partial charge in [0, 0.05) is 12.6 Å². The van der Waals surface area contributed by atoms with E-state index in [1.165, 1.54) is 0 Å². The van der Waals surface area contributed by atoms with Gasteiger partial charge in [0.2, 0.25) is 10.0 Å². The van der Waals surface area contributed by atoms with Gasteiger partial charge < -0.3 is 10.5 Å². The van der Waals surface area contributed by atoms with E-state index in [1.807, 2.05) is 6.92 Å². The zero-order valence-electron chi connectivity index (χ0n) is 11.7. The van der Waals surface area contributed by atoms with Crippen molar-refractivity contribution in [2.45, 2.75) is 30.7 Å². The van der Waals surface area contributed by atoms with E-state index in [0.29, 0.717) is 29.3 Å². The van der Waals surface area contributed by atoms with Crippen LogP contribution in [0.2, 0.25) is 0 Å². The average Bonchev–Trinajstić information content (AvgIpc) is 3.23. The monoisotopic (exact) mass is 398 g/mol. The van der Waals surface area contributed by atoms with Crippen LogP contribution < -0.4 is 15.2 Å². The van der Waals surface area contributed by atoms with E-state index in [-0.39, 0.29) is 23.3 Å². The van der Waals surface area contributed by atoms with Crippen molar-refractivity contribution in [3.05, 3.63) is 22.7 Å². The molecule has 1 atom stereocenters. The standard InChI is InChI=1S/C13H19BrN2O3S.ClH/c1-2-19-13-6-5-10(7-11(13)14)20(17,18)16-12(8-15)9-3-4-9;/h5-7,9,12,16H,2-4,8,15H2,1H3;1H. The molecule has 1 aliphatic carbocycles. The fourth-order valence-electron chi connectivity index (χ4n) is 2.02. The minimum absolute atomic E-state index is 0. The molecule has 0 spiro atoms. The minimum atomic E-state index is -3.55. The molecule has 8 heteroatoms. The number of ether oxygens (including phenoxy) is 1. The minimum Gasteiger partial charge on any atom is -0.493 e. The van der Waals surface area contributed by atoms with Gasteiger partial charge in [-0.2, -0.15) is 0 Å². The zero-order valence-corrected chi connectivity index (χ0v) is 14.9. The second kappa shape index (κ2) is 7.78. The van der Waals surface area contributed by atoms with Gasteiger partial charge in [0.05, 0.1) is 16.0 Å². The molecule has 0 heterocycles. The number of nitrogens with two attached hydrogens (primary N) is 1. The molecule has 0 amide bonds. The normalized spacial score (nSPS) is 16.1. The van der Waals surface area contributed by atoms with Crippen LogP contribution in [-0.2, 0) is 10.0 Å². The Morgan fingerprint density at radius 3 is 2.62 bits per heavy atom. The molecule has 1 aliphatic rings. The van der Waals surface area contributed by atoms with Gasteiger partial charge in [-0.15, -0.1) is 12.4 Å². The van der Waals surface area contributed by atoms with Crippen molar-refractivity contribution in [2.75, 3.05) is 13.2 Å². The van der Waals surface area contributed by atoms with Gasteiger partial charge >= 0.3 is 0 Å². The highest BCUT2D eigenvalue weighted by atomic mass is 79.9. The third-order valence-electron chi connectivity index (χ3n) is 3.26. The summed E-state index contributed by atoms with van der Waals surface area (Å²) in [6.07, 6.45) is 2.08. The van der Waals surface area contributed by atoms with Crippen molar-refractivity contribution in [2.24, 2.45) is 11.7 Å². The molecule has 0 saturated heterocycles. The number of benzene rings is 1. The Bertz CT molecular complexity index is 579. The lowest BCUT2D eigenvalue weighted by Crippen LogP contribution is -2.41. The summed E-state index contributed by atoms with van der Waals surface area (Å²) in [4.78, 5) is 0.215. The summed E-state index contributed by atoms with van der Waals surface area (Å²) in [5.74, 6) is 1.00. The molecular formula is C13H20BrClN2O3S. The SMILES string of the molecule is CCOc1ccc(S(=O)(=O)NC(CN)C2CC2)cc1Br.Cl. The molecule has 0 radical (unpaired) electrons. The van der Waals surface area contributed by atoms with E-state index in [9.17, 15) is 8.42 Å². The number of sulfonamides is 1. The smallest absolute Gasteiger partial charge is 0.240 e. The zero-order chi connectivity index (χ0) is 14.8. The molecule has 0 bridgehead atoms. The molecule has 21 heavy (non-hydrogen) atoms. The highest BCUT2D eigenvalue weighted by molar-refractivity contribution is 9.10. The predicted molar refractivity (Wildman–Crippen MR) is 88.4 cm³/mol. The number of nitrogens with one attached hydrogen (secondary N) is 1. The van der Waals surface area contributed by atoms with Crippen LogP contribution in [-0.4, -0.2) is 27.6 Å². The van der Waals surface area contributed by atoms with Crippen LogP contribution >= 0.6 is 28.3 Å². The molecule has 2 rings (SSSR count). The Morgan fingerprint density at radius 1 is 1.48 bits per heavy atom. The maximum atomic E-state index is 12.3. The fourth-order valence-corrected chi connectivity index (χ4v) is 4.01. The van der Waals surface area contributed by atoms with Crippen LogP contribution in [0.4, 0.5) is 0 Å². The van der Waals surface area contributed by atoms with E-state index >= 15 is 0 Å². The molecular weight excluding hydrogens is 380 g/mol. The van der Waals surface area contributed by atoms with Crippen LogP contribution in [0.1, 0.15) is 19.8 Å². The lowest BCUT2D eigenvalue weighted by atomic mass is 10.2. The summed E-state index contributed by atoms with van der Waals surface area (Å²) in [6, 6.07) is 4.56. The predicted octanol–water partition coefficient (Wildman–Crippen LogP) is 2.29. The van der Waals surface area contributed by atoms with Crippen molar-refractivity contribution in [1.29, 1.82) is 0 Å². The first-order valence-corrected chi connectivity index (χ1v) is 8.90. The Balaban J connectivity index is 0.00000220. The summed E-state index contributed by atoms with van der Waals surface area (Å²) in [5.41, 5.74) is 5.64. The van der Waals surface area contributed by atoms with Crippen molar-refractivity contribution < 1.29 is 13.2 Å². The number of hydrogen-bond donors (Lipinski definition) is 2. The van der Waals surface area contributed by atoms with Crippen LogP contribution in [0.3, 0.4) is 0 Å². The van der Waals surface area contributed by atoms with Crippen LogP contribution in [0.25, 0.3) is 0 Å². The first kappa shape index (κ1) is 18.7. The molecule has 1 saturated carbocycles. The van der Waals surface area contributed by atoms with E-state index in [0.717, 1.165) is 12.8 Å². The Morgan fingerprint density at radius 2 is 2.14 bits per heavy atom. The second-order valence-corrected chi connectivity index (χ2v) is 7.39. The van der Waals surface area contributed by atoms with Gasteiger partial charge in [-0.25, -0.2) is 13.1 Å². The Labute approximate surface area is 140 Å².